The molecule has 0 radical (unpaired) electrons. The first kappa shape index (κ1) is 14.8. The number of nitrogens with one attached hydrogen (secondary N) is 1. The molecule has 0 unspecified atom stereocenters. The van der Waals surface area contributed by atoms with Crippen molar-refractivity contribution in [1.29, 1.82) is 0 Å². The van der Waals surface area contributed by atoms with E-state index in [1.807, 2.05) is 4.72 Å². The Hall–Kier alpha value is -2.62. The zero-order valence-electron chi connectivity index (χ0n) is 10.2. The molecule has 0 bridgehead atoms. The molecule has 1 aromatic carbocycles. The second-order valence-electron chi connectivity index (χ2n) is 3.83. The summed E-state index contributed by atoms with van der Waals surface area (Å²) in [6.07, 6.45) is 1.96. The average Bonchev–Trinajstić information content (AvgIpc) is 2.40. The van der Waals surface area contributed by atoms with Crippen molar-refractivity contribution < 1.29 is 22.1 Å². The highest BCUT2D eigenvalue weighted by molar-refractivity contribution is 7.92. The van der Waals surface area contributed by atoms with Crippen LogP contribution < -0.4 is 4.72 Å². The van der Waals surface area contributed by atoms with Crippen molar-refractivity contribution in [2.24, 2.45) is 0 Å². The van der Waals surface area contributed by atoms with E-state index >= 15 is 0 Å². The maximum atomic E-state index is 13.4. The Morgan fingerprint density at radius 1 is 1.19 bits per heavy atom. The van der Waals surface area contributed by atoms with Gasteiger partial charge in [-0.25, -0.2) is 12.8 Å². The van der Waals surface area contributed by atoms with Gasteiger partial charge in [0, 0.05) is 18.3 Å². The largest absolute Gasteiger partial charge is 0.304 e. The van der Waals surface area contributed by atoms with Gasteiger partial charge in [0.05, 0.1) is 21.7 Å². The number of nitro benzene ring substituents is 1. The van der Waals surface area contributed by atoms with Crippen molar-refractivity contribution in [3.63, 3.8) is 0 Å². The number of hydrogen-bond donors (Lipinski definition) is 1. The number of hydrogen-bond acceptors (Lipinski definition) is 5. The van der Waals surface area contributed by atoms with E-state index < -0.39 is 37.2 Å². The first-order valence-electron chi connectivity index (χ1n) is 5.37. The van der Waals surface area contributed by atoms with Gasteiger partial charge in [-0.15, -0.1) is 0 Å². The molecule has 7 nitrogen and oxygen atoms in total. The first-order valence-corrected chi connectivity index (χ1v) is 6.86. The molecule has 0 amide bonds. The van der Waals surface area contributed by atoms with Crippen LogP contribution in [0.25, 0.3) is 0 Å². The normalized spacial score (nSPS) is 11.1. The van der Waals surface area contributed by atoms with Gasteiger partial charge in [-0.05, 0) is 12.1 Å². The van der Waals surface area contributed by atoms with Gasteiger partial charge >= 0.3 is 5.69 Å². The molecule has 0 fully saturated rings. The summed E-state index contributed by atoms with van der Waals surface area (Å²) in [6.45, 7) is 0. The molecule has 1 heterocycles. The number of halogens is 2. The van der Waals surface area contributed by atoms with Gasteiger partial charge in [0.2, 0.25) is 5.82 Å². The van der Waals surface area contributed by atoms with E-state index in [4.69, 9.17) is 0 Å². The van der Waals surface area contributed by atoms with Crippen molar-refractivity contribution in [2.75, 3.05) is 4.72 Å². The number of nitrogens with zero attached hydrogens (tertiary/aromatic N) is 2. The van der Waals surface area contributed by atoms with Gasteiger partial charge in [0.15, 0.2) is 5.82 Å². The van der Waals surface area contributed by atoms with Crippen LogP contribution in [0.15, 0.2) is 41.6 Å². The van der Waals surface area contributed by atoms with Crippen LogP contribution in [0.1, 0.15) is 0 Å². The number of rotatable bonds is 4. The van der Waals surface area contributed by atoms with E-state index in [-0.39, 0.29) is 5.69 Å². The van der Waals surface area contributed by atoms with E-state index in [1.165, 1.54) is 0 Å². The number of benzene rings is 1. The molecule has 0 aliphatic rings. The van der Waals surface area contributed by atoms with E-state index in [0.717, 1.165) is 24.5 Å². The monoisotopic (exact) mass is 315 g/mol. The van der Waals surface area contributed by atoms with Crippen molar-refractivity contribution in [1.82, 2.24) is 4.98 Å². The van der Waals surface area contributed by atoms with E-state index in [2.05, 4.69) is 4.98 Å². The lowest BCUT2D eigenvalue weighted by Crippen LogP contribution is -2.14. The third kappa shape index (κ3) is 3.11. The molecule has 21 heavy (non-hydrogen) atoms. The summed E-state index contributed by atoms with van der Waals surface area (Å²) in [4.78, 5) is 12.4. The van der Waals surface area contributed by atoms with Crippen LogP contribution in [0.3, 0.4) is 0 Å². The smallest absolute Gasteiger partial charge is 0.277 e. The SMILES string of the molecule is O=[N+]([O-])c1ccc(S(=O)(=O)Nc2ccncc2F)cc1F. The molecule has 0 saturated heterocycles. The van der Waals surface area contributed by atoms with Crippen molar-refractivity contribution in [3.8, 4) is 0 Å². The zero-order chi connectivity index (χ0) is 15.6. The fourth-order valence-corrected chi connectivity index (χ4v) is 2.54. The van der Waals surface area contributed by atoms with Crippen molar-refractivity contribution >= 4 is 21.4 Å². The van der Waals surface area contributed by atoms with Crippen LogP contribution in [-0.2, 0) is 10.0 Å². The lowest BCUT2D eigenvalue weighted by atomic mass is 10.3. The summed E-state index contributed by atoms with van der Waals surface area (Å²) in [6, 6.07) is 3.13. The van der Waals surface area contributed by atoms with Gasteiger partial charge in [-0.3, -0.25) is 19.8 Å². The second kappa shape index (κ2) is 5.40. The average molecular weight is 315 g/mol. The second-order valence-corrected chi connectivity index (χ2v) is 5.51. The minimum Gasteiger partial charge on any atom is -0.277 e. The van der Waals surface area contributed by atoms with Gasteiger partial charge in [0.25, 0.3) is 10.0 Å². The third-order valence-electron chi connectivity index (χ3n) is 2.44. The van der Waals surface area contributed by atoms with Crippen LogP contribution in [-0.4, -0.2) is 18.3 Å². The number of aromatic nitrogens is 1. The molecule has 0 spiro atoms. The minimum atomic E-state index is -4.28. The molecule has 1 N–H and O–H groups in total. The maximum absolute atomic E-state index is 13.4. The molecular formula is C11H7F2N3O4S. The summed E-state index contributed by atoms with van der Waals surface area (Å²) < 4.78 is 52.6. The predicted octanol–water partition coefficient (Wildman–Crippen LogP) is 2.07. The van der Waals surface area contributed by atoms with Crippen molar-refractivity contribution in [3.05, 3.63) is 58.4 Å². The summed E-state index contributed by atoms with van der Waals surface area (Å²) in [5.74, 6) is -2.22. The Labute approximate surface area is 117 Å². The van der Waals surface area contributed by atoms with Crippen LogP contribution >= 0.6 is 0 Å². The summed E-state index contributed by atoms with van der Waals surface area (Å²) >= 11 is 0. The quantitative estimate of drug-likeness (QED) is 0.687. The Morgan fingerprint density at radius 3 is 2.48 bits per heavy atom. The lowest BCUT2D eigenvalue weighted by molar-refractivity contribution is -0.387. The lowest BCUT2D eigenvalue weighted by Gasteiger charge is -2.08. The molecule has 0 atom stereocenters. The molecule has 2 aromatic rings. The molecule has 0 aliphatic carbocycles. The highest BCUT2D eigenvalue weighted by atomic mass is 32.2. The highest BCUT2D eigenvalue weighted by Gasteiger charge is 2.21. The number of nitro groups is 1. The first-order chi connectivity index (χ1) is 9.81. The molecule has 2 rings (SSSR count). The third-order valence-corrected chi connectivity index (χ3v) is 3.81. The zero-order valence-corrected chi connectivity index (χ0v) is 11.0. The minimum absolute atomic E-state index is 0.372. The van der Waals surface area contributed by atoms with E-state index in [9.17, 15) is 27.3 Å². The van der Waals surface area contributed by atoms with Gasteiger partial charge < -0.3 is 0 Å². The summed E-state index contributed by atoms with van der Waals surface area (Å²) in [7, 11) is -4.28. The van der Waals surface area contributed by atoms with Crippen LogP contribution in [0.2, 0.25) is 0 Å². The summed E-state index contributed by atoms with van der Waals surface area (Å²) in [5.41, 5.74) is -1.23. The van der Waals surface area contributed by atoms with Gasteiger partial charge in [-0.2, -0.15) is 4.39 Å². The van der Waals surface area contributed by atoms with Gasteiger partial charge in [-0.1, -0.05) is 0 Å². The Kier molecular flexibility index (Phi) is 3.80. The molecule has 1 aromatic heterocycles. The predicted molar refractivity (Wildman–Crippen MR) is 68.1 cm³/mol. The molecule has 0 aliphatic heterocycles. The van der Waals surface area contributed by atoms with Crippen LogP contribution in [0, 0.1) is 21.7 Å². The molecule has 0 saturated carbocycles. The number of anilines is 1. The number of pyridine rings is 1. The fraction of sp³-hybridized carbons (Fsp3) is 0. The van der Waals surface area contributed by atoms with Crippen molar-refractivity contribution in [2.45, 2.75) is 4.90 Å². The van der Waals surface area contributed by atoms with E-state index in [1.54, 1.807) is 0 Å². The van der Waals surface area contributed by atoms with Crippen LogP contribution in [0.5, 0.6) is 0 Å². The Balaban J connectivity index is 2.39. The van der Waals surface area contributed by atoms with E-state index in [0.29, 0.717) is 12.1 Å². The fourth-order valence-electron chi connectivity index (χ4n) is 1.46. The van der Waals surface area contributed by atoms with Crippen LogP contribution in [0.4, 0.5) is 20.2 Å². The standard InChI is InChI=1S/C11H7F2N3O4S/c12-8-5-7(1-2-11(8)16(17)18)21(19,20)15-10-3-4-14-6-9(10)13/h1-6H,(H,14,15). The summed E-state index contributed by atoms with van der Waals surface area (Å²) in [5, 5.41) is 10.5. The maximum Gasteiger partial charge on any atom is 0.304 e. The topological polar surface area (TPSA) is 102 Å². The molecular weight excluding hydrogens is 308 g/mol. The Bertz CT molecular complexity index is 811. The molecule has 110 valence electrons. The highest BCUT2D eigenvalue weighted by Crippen LogP contribution is 2.23. The molecule has 10 heteroatoms. The van der Waals surface area contributed by atoms with Gasteiger partial charge in [0.1, 0.15) is 0 Å². The number of sulfonamides is 1. The Morgan fingerprint density at radius 2 is 1.90 bits per heavy atom.